The number of likely N-dealkylation sites (tertiary alicyclic amines) is 2. The van der Waals surface area contributed by atoms with Crippen LogP contribution in [0.15, 0.2) is 12.7 Å². The fourth-order valence-corrected chi connectivity index (χ4v) is 12.6. The molecular weight excluding hydrogens is 697 g/mol. The van der Waals surface area contributed by atoms with E-state index in [1.54, 1.807) is 18.0 Å². The fourth-order valence-electron chi connectivity index (χ4n) is 12.6. The Balaban J connectivity index is 1.22. The molecule has 12 heteroatoms. The van der Waals surface area contributed by atoms with Crippen LogP contribution in [-0.4, -0.2) is 109 Å². The Bertz CT molecular complexity index is 1560. The van der Waals surface area contributed by atoms with E-state index in [1.165, 1.54) is 0 Å². The zero-order chi connectivity index (χ0) is 39.6. The molecule has 3 aliphatic heterocycles. The highest BCUT2D eigenvalue weighted by atomic mass is 16.5. The van der Waals surface area contributed by atoms with Gasteiger partial charge in [0.2, 0.25) is 29.5 Å². The van der Waals surface area contributed by atoms with Gasteiger partial charge in [-0.2, -0.15) is 0 Å². The van der Waals surface area contributed by atoms with Crippen molar-refractivity contribution >= 4 is 29.5 Å². The maximum atomic E-state index is 15.5. The number of hydrogen-bond donors (Lipinski definition) is 4. The zero-order valence-electron chi connectivity index (χ0n) is 34.5. The minimum atomic E-state index is -1.08. The fraction of sp³-hybridized carbons (Fsp3) is 0.837. The molecule has 0 aromatic heterocycles. The summed E-state index contributed by atoms with van der Waals surface area (Å²) in [6.45, 7) is 17.8. The third-order valence-corrected chi connectivity index (χ3v) is 16.9. The molecule has 0 aromatic carbocycles. The molecule has 4 N–H and O–H groups in total. The van der Waals surface area contributed by atoms with Crippen LogP contribution in [0.3, 0.4) is 0 Å². The van der Waals surface area contributed by atoms with Gasteiger partial charge in [-0.25, -0.2) is 0 Å². The second kappa shape index (κ2) is 14.4. The Labute approximate surface area is 328 Å². The number of fused-ring (bicyclic) bond motifs is 1. The first kappa shape index (κ1) is 40.2. The summed E-state index contributed by atoms with van der Waals surface area (Å²) in [6, 6.07) is -2.81. The van der Waals surface area contributed by atoms with Crippen molar-refractivity contribution in [3.8, 4) is 0 Å². The SMILES string of the molecule is C=C[C@@H]1C[C@]1(NC(=O)[C@@H]1CC2(CN1C(=O)[C@@H](NC(=O)C(NC(=O)[C@@H]1CCCN1CC)C1(C)CCOCC1)C1(C)CCCCC1)C(C)(C)C21CCC1)C(=O)NC. The third kappa shape index (κ3) is 6.25. The van der Waals surface area contributed by atoms with Crippen LogP contribution >= 0.6 is 0 Å². The molecule has 0 radical (unpaired) electrons. The van der Waals surface area contributed by atoms with Crippen molar-refractivity contribution in [1.82, 2.24) is 31.1 Å². The van der Waals surface area contributed by atoms with Crippen LogP contribution in [0.1, 0.15) is 125 Å². The van der Waals surface area contributed by atoms with Crippen LogP contribution in [0.5, 0.6) is 0 Å². The normalized spacial score (nSPS) is 34.9. The molecule has 306 valence electrons. The first-order valence-corrected chi connectivity index (χ1v) is 21.5. The summed E-state index contributed by atoms with van der Waals surface area (Å²) in [4.78, 5) is 76.3. The van der Waals surface area contributed by atoms with Gasteiger partial charge < -0.3 is 30.9 Å². The molecule has 3 heterocycles. The van der Waals surface area contributed by atoms with E-state index in [1.807, 2.05) is 0 Å². The quantitative estimate of drug-likeness (QED) is 0.221. The van der Waals surface area contributed by atoms with Crippen LogP contribution in [0.25, 0.3) is 0 Å². The molecule has 0 bridgehead atoms. The lowest BCUT2D eigenvalue weighted by Gasteiger charge is -2.45. The first-order valence-electron chi connectivity index (χ1n) is 21.5. The van der Waals surface area contributed by atoms with Crippen molar-refractivity contribution in [1.29, 1.82) is 0 Å². The predicted molar refractivity (Wildman–Crippen MR) is 209 cm³/mol. The topological polar surface area (TPSA) is 149 Å². The van der Waals surface area contributed by atoms with Gasteiger partial charge in [0, 0.05) is 43.6 Å². The molecule has 7 fully saturated rings. The van der Waals surface area contributed by atoms with Crippen LogP contribution < -0.4 is 21.3 Å². The second-order valence-electron chi connectivity index (χ2n) is 19.6. The van der Waals surface area contributed by atoms with Crippen molar-refractivity contribution in [2.45, 2.75) is 154 Å². The lowest BCUT2D eigenvalue weighted by molar-refractivity contribution is -0.147. The number of carbonyl (C=O) groups excluding carboxylic acids is 5. The maximum Gasteiger partial charge on any atom is 0.246 e. The van der Waals surface area contributed by atoms with Crippen molar-refractivity contribution in [2.24, 2.45) is 33.0 Å². The Kier molecular flexibility index (Phi) is 10.6. The molecule has 0 aromatic rings. The third-order valence-electron chi connectivity index (χ3n) is 16.9. The minimum Gasteiger partial charge on any atom is -0.381 e. The highest BCUT2D eigenvalue weighted by Crippen LogP contribution is 2.88. The standard InChI is InChI=1S/C43H68N6O6/c1-8-28-25-43(28,37(54)44-7)47-34(51)30-26-42(38(3,4)41(42)18-14-19-41)27-49(30)36(53)32(39(5)16-11-10-12-17-39)46-35(52)31(40(6)20-23-55-24-21-40)45-33(50)29-15-13-22-48(29)9-2/h8,28-32H,1,9-27H2,2-7H3,(H,44,54)(H,45,50)(H,46,52)(H,47,51)/t28-,29+,30+,31?,32-,42?,43-/m1/s1. The van der Waals surface area contributed by atoms with Crippen LogP contribution in [0, 0.1) is 33.0 Å². The smallest absolute Gasteiger partial charge is 0.246 e. The molecule has 2 unspecified atom stereocenters. The highest BCUT2D eigenvalue weighted by Gasteiger charge is 2.85. The number of nitrogens with one attached hydrogen (secondary N) is 4. The van der Waals surface area contributed by atoms with Gasteiger partial charge in [0.05, 0.1) is 6.04 Å². The van der Waals surface area contributed by atoms with E-state index in [0.29, 0.717) is 45.4 Å². The molecule has 55 heavy (non-hydrogen) atoms. The van der Waals surface area contributed by atoms with Gasteiger partial charge in [-0.3, -0.25) is 28.9 Å². The lowest BCUT2D eigenvalue weighted by atomic mass is 9.69. The highest BCUT2D eigenvalue weighted by molar-refractivity contribution is 5.99. The van der Waals surface area contributed by atoms with Gasteiger partial charge in [-0.05, 0) is 93.5 Å². The summed E-state index contributed by atoms with van der Waals surface area (Å²) in [7, 11) is 1.57. The number of nitrogens with zero attached hydrogens (tertiary/aromatic N) is 2. The molecule has 7 rings (SSSR count). The van der Waals surface area contributed by atoms with Crippen LogP contribution in [0.4, 0.5) is 0 Å². The summed E-state index contributed by atoms with van der Waals surface area (Å²) in [6.07, 6.45) is 13.4. The Hall–Kier alpha value is -2.99. The van der Waals surface area contributed by atoms with Gasteiger partial charge in [0.25, 0.3) is 0 Å². The number of ether oxygens (including phenoxy) is 1. The van der Waals surface area contributed by atoms with Gasteiger partial charge in [-0.1, -0.05) is 66.4 Å². The lowest BCUT2D eigenvalue weighted by Crippen LogP contribution is -2.65. The zero-order valence-corrected chi connectivity index (χ0v) is 34.5. The van der Waals surface area contributed by atoms with Crippen molar-refractivity contribution in [3.05, 3.63) is 12.7 Å². The summed E-state index contributed by atoms with van der Waals surface area (Å²) in [5.74, 6) is -1.47. The van der Waals surface area contributed by atoms with Gasteiger partial charge >= 0.3 is 0 Å². The summed E-state index contributed by atoms with van der Waals surface area (Å²) >= 11 is 0. The number of carbonyl (C=O) groups is 5. The molecule has 2 spiro atoms. The molecule has 7 atom stereocenters. The molecule has 4 aliphatic carbocycles. The predicted octanol–water partition coefficient (Wildman–Crippen LogP) is 3.83. The molecule has 5 amide bonds. The molecule has 12 nitrogen and oxygen atoms in total. The summed E-state index contributed by atoms with van der Waals surface area (Å²) in [5, 5.41) is 12.4. The van der Waals surface area contributed by atoms with Gasteiger partial charge in [0.1, 0.15) is 23.7 Å². The van der Waals surface area contributed by atoms with E-state index in [9.17, 15) is 19.2 Å². The van der Waals surface area contributed by atoms with Crippen LogP contribution in [0.2, 0.25) is 0 Å². The van der Waals surface area contributed by atoms with E-state index < -0.39 is 34.5 Å². The number of likely N-dealkylation sites (N-methyl/N-ethyl adjacent to an activating group) is 2. The molecule has 4 saturated carbocycles. The van der Waals surface area contributed by atoms with Crippen molar-refractivity contribution < 1.29 is 28.7 Å². The average molecular weight is 765 g/mol. The maximum absolute atomic E-state index is 15.5. The minimum absolute atomic E-state index is 0.0549. The van der Waals surface area contributed by atoms with E-state index in [2.05, 4.69) is 67.4 Å². The molecule has 3 saturated heterocycles. The number of rotatable bonds is 12. The van der Waals surface area contributed by atoms with Gasteiger partial charge in [0.15, 0.2) is 0 Å². The first-order chi connectivity index (χ1) is 26.1. The van der Waals surface area contributed by atoms with E-state index in [4.69, 9.17) is 4.74 Å². The Morgan fingerprint density at radius 2 is 1.47 bits per heavy atom. The molecule has 7 aliphatic rings. The Morgan fingerprint density at radius 3 is 2.04 bits per heavy atom. The number of amides is 5. The van der Waals surface area contributed by atoms with Gasteiger partial charge in [-0.15, -0.1) is 6.58 Å². The summed E-state index contributed by atoms with van der Waals surface area (Å²) < 4.78 is 5.73. The van der Waals surface area contributed by atoms with E-state index >= 15 is 4.79 Å². The van der Waals surface area contributed by atoms with Crippen molar-refractivity contribution in [3.63, 3.8) is 0 Å². The monoisotopic (exact) mass is 765 g/mol. The van der Waals surface area contributed by atoms with Crippen molar-refractivity contribution in [2.75, 3.05) is 39.9 Å². The largest absolute Gasteiger partial charge is 0.381 e. The number of hydrogen-bond acceptors (Lipinski definition) is 7. The van der Waals surface area contributed by atoms with Crippen LogP contribution in [-0.2, 0) is 28.7 Å². The molecular formula is C43H68N6O6. The summed E-state index contributed by atoms with van der Waals surface area (Å²) in [5.41, 5.74) is -2.39. The van der Waals surface area contributed by atoms with E-state index in [0.717, 1.165) is 77.3 Å². The average Bonchev–Trinajstić information content (AvgIpc) is 3.66. The second-order valence-corrected chi connectivity index (χ2v) is 19.6. The Morgan fingerprint density at radius 1 is 0.800 bits per heavy atom. The van der Waals surface area contributed by atoms with E-state index in [-0.39, 0.29) is 57.7 Å².